The zero-order valence-corrected chi connectivity index (χ0v) is 6.78. The van der Waals surface area contributed by atoms with Crippen LogP contribution in [0.2, 0.25) is 0 Å². The molecule has 0 bridgehead atoms. The first-order chi connectivity index (χ1) is 2.00. The molecule has 0 aliphatic heterocycles. The van der Waals surface area contributed by atoms with Gasteiger partial charge in [0, 0.05) is 0 Å². The molecule has 0 nitrogen and oxygen atoms in total. The van der Waals surface area contributed by atoms with Crippen LogP contribution in [0.15, 0.2) is 0 Å². The summed E-state index contributed by atoms with van der Waals surface area (Å²) >= 11 is 0. The number of halogens is 4. The molecule has 0 saturated heterocycles. The summed E-state index contributed by atoms with van der Waals surface area (Å²) in [5.74, 6) is 0. The Labute approximate surface area is 67.8 Å². The minimum absolute atomic E-state index is 0. The zero-order valence-electron chi connectivity index (χ0n) is 2.81. The summed E-state index contributed by atoms with van der Waals surface area (Å²) in [4.78, 5) is 0. The van der Waals surface area contributed by atoms with Crippen LogP contribution in [0.25, 0.3) is 0 Å². The fourth-order valence-electron chi connectivity index (χ4n) is 0. The Kier molecular flexibility index (Phi) is 7.76. The Morgan fingerprint density at radius 1 is 0.833 bits per heavy atom. The van der Waals surface area contributed by atoms with Gasteiger partial charge < -0.3 is 0 Å². The van der Waals surface area contributed by atoms with Crippen molar-refractivity contribution in [3.05, 3.63) is 0 Å². The topological polar surface area (TPSA) is 0 Å². The maximum atomic E-state index is 4.90. The van der Waals surface area contributed by atoms with Crippen LogP contribution in [0.4, 0.5) is 0 Å². The number of hydrogen-bond acceptors (Lipinski definition) is 0. The van der Waals surface area contributed by atoms with Gasteiger partial charge in [0.05, 0.1) is 0 Å². The Morgan fingerprint density at radius 2 is 0.833 bits per heavy atom. The summed E-state index contributed by atoms with van der Waals surface area (Å²) in [6, 6.07) is 0. The molecule has 40 valence electrons. The third-order valence-corrected chi connectivity index (χ3v) is 0. The first-order valence-corrected chi connectivity index (χ1v) is 5.64. The molecule has 0 spiro atoms. The minimum atomic E-state index is -2.24. The molecule has 0 atom stereocenters. The molecule has 0 fully saturated rings. The molecule has 6 heavy (non-hydrogen) atoms. The predicted octanol–water partition coefficient (Wildman–Crippen LogP) is -0.241. The maximum Gasteiger partial charge on any atom is 1.00 e. The molecule has 0 saturated carbocycles. The van der Waals surface area contributed by atoms with Crippen molar-refractivity contribution >= 4 is 40.4 Å². The minimum Gasteiger partial charge on any atom is 1.00 e. The maximum absolute atomic E-state index is 4.90. The van der Waals surface area contributed by atoms with Gasteiger partial charge in [0.1, 0.15) is 0 Å². The third-order valence-electron chi connectivity index (χ3n) is 0. The Bertz CT molecular complexity index is 23.0. The van der Waals surface area contributed by atoms with E-state index in [-0.39, 0.29) is 18.9 Å². The molecule has 0 aromatic heterocycles. The number of rotatable bonds is 0. The molecule has 0 rings (SSSR count). The molecule has 0 aromatic carbocycles. The van der Waals surface area contributed by atoms with Crippen molar-refractivity contribution in [3.8, 4) is 0 Å². The van der Waals surface area contributed by atoms with Crippen LogP contribution in [0.3, 0.4) is 0 Å². The van der Waals surface area contributed by atoms with E-state index in [1.54, 1.807) is 0 Å². The summed E-state index contributed by atoms with van der Waals surface area (Å²) in [6.45, 7) is 0. The fraction of sp³-hybridized carbons (Fsp3) is 0. The van der Waals surface area contributed by atoms with Crippen molar-refractivity contribution in [1.29, 1.82) is 0 Å². The molecular weight excluding hydrogens is 212 g/mol. The molecule has 0 amide bonds. The normalized spacial score (nSPS) is 12.7. The Balaban J connectivity index is 0. The van der Waals surface area contributed by atoms with Gasteiger partial charge in [0.15, 0.2) is 0 Å². The van der Waals surface area contributed by atoms with Crippen molar-refractivity contribution in [2.24, 2.45) is 0 Å². The van der Waals surface area contributed by atoms with Crippen LogP contribution in [-0.2, 0) is 9.20 Å². The average molecular weight is 212 g/mol. The van der Waals surface area contributed by atoms with Gasteiger partial charge in [-0.05, 0) is 0 Å². The summed E-state index contributed by atoms with van der Waals surface area (Å²) in [6.07, 6.45) is 0. The molecule has 0 aliphatic rings. The van der Waals surface area contributed by atoms with Crippen LogP contribution in [0.5, 0.6) is 0 Å². The first kappa shape index (κ1) is 11.1. The molecule has 0 N–H and O–H groups in total. The van der Waals surface area contributed by atoms with Crippen molar-refractivity contribution in [2.75, 3.05) is 0 Å². The van der Waals surface area contributed by atoms with Crippen molar-refractivity contribution in [2.45, 2.75) is 0 Å². The van der Waals surface area contributed by atoms with Crippen LogP contribution in [-0.4, -0.2) is 0 Å². The van der Waals surface area contributed by atoms with E-state index in [2.05, 4.69) is 0 Å². The van der Waals surface area contributed by atoms with Gasteiger partial charge in [0.2, 0.25) is 0 Å². The Hall–Kier alpha value is 2.28. The van der Waals surface area contributed by atoms with Gasteiger partial charge in [-0.2, -0.15) is 0 Å². The zero-order chi connectivity index (χ0) is 4.50. The van der Waals surface area contributed by atoms with Crippen LogP contribution >= 0.6 is 40.4 Å². The predicted molar refractivity (Wildman–Crippen MR) is 23.4 cm³/mol. The van der Waals surface area contributed by atoms with Gasteiger partial charge >= 0.3 is 68.5 Å². The van der Waals surface area contributed by atoms with E-state index in [1.807, 2.05) is 0 Å². The quantitative estimate of drug-likeness (QED) is 0.486. The first-order valence-electron chi connectivity index (χ1n) is 0.456. The SMILES string of the molecule is [Cl][Cu-]([Cl])([Cl])[Cl].[Li+]. The molecular formula is Cl4CuLi. The molecule has 0 aliphatic carbocycles. The monoisotopic (exact) mass is 210 g/mol. The summed E-state index contributed by atoms with van der Waals surface area (Å²) < 4.78 is 0. The van der Waals surface area contributed by atoms with Gasteiger partial charge in [-0.3, -0.25) is 0 Å². The fourth-order valence-corrected chi connectivity index (χ4v) is 0. The van der Waals surface area contributed by atoms with E-state index in [9.17, 15) is 0 Å². The van der Waals surface area contributed by atoms with Crippen molar-refractivity contribution < 1.29 is 28.1 Å². The molecule has 0 unspecified atom stereocenters. The van der Waals surface area contributed by atoms with Gasteiger partial charge in [0.25, 0.3) is 0 Å². The summed E-state index contributed by atoms with van der Waals surface area (Å²) in [7, 11) is 17.4. The summed E-state index contributed by atoms with van der Waals surface area (Å²) in [5.41, 5.74) is 0. The van der Waals surface area contributed by atoms with Crippen LogP contribution in [0.1, 0.15) is 0 Å². The van der Waals surface area contributed by atoms with Crippen LogP contribution < -0.4 is 18.9 Å². The number of hydrogen-bond donors (Lipinski definition) is 0. The second kappa shape index (κ2) is 4.19. The van der Waals surface area contributed by atoms with E-state index in [1.165, 1.54) is 0 Å². The smallest absolute Gasteiger partial charge is 1.00 e. The largest absolute Gasteiger partial charge is 1.00 e. The second-order valence-electron chi connectivity index (χ2n) is 0.258. The van der Waals surface area contributed by atoms with E-state index >= 15 is 0 Å². The van der Waals surface area contributed by atoms with Crippen molar-refractivity contribution in [1.82, 2.24) is 0 Å². The molecule has 0 aromatic rings. The summed E-state index contributed by atoms with van der Waals surface area (Å²) in [5, 5.41) is 0. The average Bonchev–Trinajstić information content (AvgIpc) is 0.722. The van der Waals surface area contributed by atoms with E-state index < -0.39 is 9.20 Å². The van der Waals surface area contributed by atoms with E-state index in [0.29, 0.717) is 0 Å². The van der Waals surface area contributed by atoms with Crippen molar-refractivity contribution in [3.63, 3.8) is 0 Å². The second-order valence-corrected chi connectivity index (χ2v) is 9.59. The molecule has 0 heterocycles. The van der Waals surface area contributed by atoms with E-state index in [4.69, 9.17) is 40.4 Å². The standard InChI is InChI=1S/4ClH.Cu.Li/h4*1H;;/q;;;;+3;+1/p-4. The van der Waals surface area contributed by atoms with Gasteiger partial charge in [-0.15, -0.1) is 0 Å². The van der Waals surface area contributed by atoms with Gasteiger partial charge in [-0.1, -0.05) is 0 Å². The van der Waals surface area contributed by atoms with E-state index in [0.717, 1.165) is 0 Å². The third kappa shape index (κ3) is 33.7. The molecule has 0 radical (unpaired) electrons. The van der Waals surface area contributed by atoms with Crippen LogP contribution in [0, 0.1) is 0 Å². The molecule has 6 heteroatoms. The Morgan fingerprint density at radius 3 is 0.833 bits per heavy atom. The van der Waals surface area contributed by atoms with Gasteiger partial charge in [-0.25, -0.2) is 0 Å².